The first-order valence-electron chi connectivity index (χ1n) is 4.46. The fourth-order valence-electron chi connectivity index (χ4n) is 0.992. The molecule has 1 aromatic rings. The first kappa shape index (κ1) is 19.2. The van der Waals surface area contributed by atoms with Crippen LogP contribution >= 0.6 is 30.3 Å². The molecule has 0 saturated heterocycles. The van der Waals surface area contributed by atoms with Crippen molar-refractivity contribution >= 4 is 36.5 Å². The van der Waals surface area contributed by atoms with Gasteiger partial charge < -0.3 is 17.0 Å². The predicted octanol–water partition coefficient (Wildman–Crippen LogP) is 0.746. The molecule has 0 bridgehead atoms. The Balaban J connectivity index is 0. The number of rotatable bonds is 4. The molecule has 1 heterocycles. The van der Waals surface area contributed by atoms with Crippen LogP contribution in [0.25, 0.3) is 6.20 Å². The summed E-state index contributed by atoms with van der Waals surface area (Å²) in [6.45, 7) is 6.98. The van der Waals surface area contributed by atoms with Crippen LogP contribution in [0.1, 0.15) is 19.8 Å². The quantitative estimate of drug-likeness (QED) is 0.528. The van der Waals surface area contributed by atoms with Gasteiger partial charge in [0.2, 0.25) is 6.33 Å². The van der Waals surface area contributed by atoms with E-state index in [0.29, 0.717) is 0 Å². The zero-order valence-electron chi connectivity index (χ0n) is 8.90. The van der Waals surface area contributed by atoms with Crippen molar-refractivity contribution < 1.29 is 32.7 Å². The Kier molecular flexibility index (Phi) is 14.7. The van der Waals surface area contributed by atoms with Gasteiger partial charge in [-0.2, -0.15) is 0 Å². The van der Waals surface area contributed by atoms with E-state index in [1.807, 2.05) is 17.1 Å². The summed E-state index contributed by atoms with van der Waals surface area (Å²) < 4.78 is 4.13. The number of hydrogen-bond acceptors (Lipinski definition) is 0. The third kappa shape index (κ3) is 11.3. The standard InChI is InChI=1S/C9H15N2.BrH.3ClH.Fe/c1-3-5-6-11-8-7-10(4-2)9-11;;;;;/h4,7-9H,2-3,5-6H2,1H3;4*1H;/q+1;;;;;+3/p-4. The van der Waals surface area contributed by atoms with Crippen molar-refractivity contribution in [2.75, 3.05) is 0 Å². The number of aromatic nitrogens is 2. The van der Waals surface area contributed by atoms with Crippen LogP contribution in [0.15, 0.2) is 25.3 Å². The van der Waals surface area contributed by atoms with E-state index >= 15 is 0 Å². The molecule has 0 aliphatic carbocycles. The van der Waals surface area contributed by atoms with Gasteiger partial charge in [0.25, 0.3) is 0 Å². The molecule has 0 aliphatic rings. The molecule has 0 spiro atoms. The van der Waals surface area contributed by atoms with Crippen molar-refractivity contribution in [3.05, 3.63) is 25.3 Å². The Bertz CT molecular complexity index is 279. The van der Waals surface area contributed by atoms with Crippen molar-refractivity contribution in [1.82, 2.24) is 4.57 Å². The molecule has 0 saturated carbocycles. The summed E-state index contributed by atoms with van der Waals surface area (Å²) in [5, 5.41) is 0. The van der Waals surface area contributed by atoms with Gasteiger partial charge in [-0.05, 0) is 6.42 Å². The monoisotopic (exact) mass is 391 g/mol. The van der Waals surface area contributed by atoms with Crippen LogP contribution in [-0.2, 0) is 17.7 Å². The van der Waals surface area contributed by atoms with Gasteiger partial charge in [-0.3, -0.25) is 0 Å². The van der Waals surface area contributed by atoms with Crippen molar-refractivity contribution in [3.8, 4) is 0 Å². The van der Waals surface area contributed by atoms with Gasteiger partial charge in [0.15, 0.2) is 0 Å². The van der Waals surface area contributed by atoms with Crippen molar-refractivity contribution in [2.45, 2.75) is 26.3 Å². The molecule has 0 radical (unpaired) electrons. The average molecular weight is 393 g/mol. The number of unbranched alkanes of at least 4 members (excludes halogenated alkanes) is 1. The van der Waals surface area contributed by atoms with Crippen LogP contribution < -0.4 is 21.5 Å². The fourth-order valence-corrected chi connectivity index (χ4v) is 0.992. The second-order valence-corrected chi connectivity index (χ2v) is 8.26. The molecular weight excluding hydrogens is 378 g/mol. The number of hydrogen-bond donors (Lipinski definition) is 0. The predicted molar refractivity (Wildman–Crippen MR) is 63.5 cm³/mol. The van der Waals surface area contributed by atoms with E-state index in [2.05, 4.69) is 24.3 Å². The minimum atomic E-state index is -1.33. The summed E-state index contributed by atoms with van der Waals surface area (Å²) in [6.07, 6.45) is 10.4. The Morgan fingerprint density at radius 2 is 2.00 bits per heavy atom. The summed E-state index contributed by atoms with van der Waals surface area (Å²) in [6, 6.07) is 0. The molecule has 7 heteroatoms. The molecule has 0 atom stereocenters. The SMILES string of the molecule is C=Cn1cc[n+](CCCC)c1.[Br-].[Cl][Fe]([Cl])[Cl]. The first-order chi connectivity index (χ1) is 7.10. The minimum absolute atomic E-state index is 0. The van der Waals surface area contributed by atoms with Gasteiger partial charge >= 0.3 is 41.5 Å². The summed E-state index contributed by atoms with van der Waals surface area (Å²) >= 11 is -1.33. The zero-order valence-corrected chi connectivity index (χ0v) is 13.9. The summed E-state index contributed by atoms with van der Waals surface area (Å²) in [4.78, 5) is 0. The summed E-state index contributed by atoms with van der Waals surface area (Å²) in [7, 11) is 14.7. The summed E-state index contributed by atoms with van der Waals surface area (Å²) in [5.41, 5.74) is 0. The van der Waals surface area contributed by atoms with Gasteiger partial charge in [0.1, 0.15) is 12.4 Å². The van der Waals surface area contributed by atoms with E-state index in [0.717, 1.165) is 6.54 Å². The average Bonchev–Trinajstić information content (AvgIpc) is 2.61. The van der Waals surface area contributed by atoms with E-state index in [4.69, 9.17) is 30.3 Å². The Hall–Kier alpha value is 0.819. The number of halogens is 4. The molecule has 0 fully saturated rings. The number of imidazole rings is 1. The van der Waals surface area contributed by atoms with Crippen molar-refractivity contribution in [3.63, 3.8) is 0 Å². The first-order valence-corrected chi connectivity index (χ1v) is 9.01. The van der Waals surface area contributed by atoms with Gasteiger partial charge in [-0.1, -0.05) is 19.9 Å². The van der Waals surface area contributed by atoms with Crippen LogP contribution in [0.2, 0.25) is 0 Å². The van der Waals surface area contributed by atoms with E-state index < -0.39 is 11.2 Å². The number of nitrogens with zero attached hydrogens (tertiary/aromatic N) is 2. The summed E-state index contributed by atoms with van der Waals surface area (Å²) in [5.74, 6) is 0. The Labute approximate surface area is 125 Å². The maximum absolute atomic E-state index is 4.89. The van der Waals surface area contributed by atoms with E-state index in [9.17, 15) is 0 Å². The molecular formula is C9H15BrCl3FeN2. The van der Waals surface area contributed by atoms with E-state index in [1.165, 1.54) is 12.8 Å². The van der Waals surface area contributed by atoms with E-state index in [1.54, 1.807) is 6.20 Å². The molecule has 0 N–H and O–H groups in total. The van der Waals surface area contributed by atoms with Crippen LogP contribution in [0.5, 0.6) is 0 Å². The third-order valence-corrected chi connectivity index (χ3v) is 1.69. The Morgan fingerprint density at radius 3 is 2.38 bits per heavy atom. The molecule has 0 aromatic carbocycles. The molecule has 0 aliphatic heterocycles. The van der Waals surface area contributed by atoms with Crippen molar-refractivity contribution in [2.24, 2.45) is 0 Å². The zero-order chi connectivity index (χ0) is 11.7. The van der Waals surface area contributed by atoms with Gasteiger partial charge in [-0.25, -0.2) is 9.13 Å². The molecule has 1 aromatic heterocycles. The molecule has 1 rings (SSSR count). The Morgan fingerprint density at radius 1 is 1.44 bits per heavy atom. The molecule has 97 valence electrons. The molecule has 2 nitrogen and oxygen atoms in total. The van der Waals surface area contributed by atoms with Gasteiger partial charge in [0.05, 0.1) is 12.7 Å². The molecule has 16 heavy (non-hydrogen) atoms. The normalized spacial score (nSPS) is 9.62. The second-order valence-electron chi connectivity index (χ2n) is 2.79. The fraction of sp³-hybridized carbons (Fsp3) is 0.444. The van der Waals surface area contributed by atoms with Crippen molar-refractivity contribution in [1.29, 1.82) is 0 Å². The third-order valence-electron chi connectivity index (χ3n) is 1.69. The van der Waals surface area contributed by atoms with Crippen LogP contribution in [0.4, 0.5) is 0 Å². The second kappa shape index (κ2) is 12.3. The molecule has 0 amide bonds. The number of aryl methyl sites for hydroxylation is 1. The molecule has 0 unspecified atom stereocenters. The van der Waals surface area contributed by atoms with Crippen LogP contribution in [-0.4, -0.2) is 4.57 Å². The topological polar surface area (TPSA) is 8.81 Å². The van der Waals surface area contributed by atoms with Crippen LogP contribution in [0.3, 0.4) is 0 Å². The van der Waals surface area contributed by atoms with Gasteiger partial charge in [0, 0.05) is 0 Å². The van der Waals surface area contributed by atoms with Crippen LogP contribution in [0, 0.1) is 0 Å². The van der Waals surface area contributed by atoms with Gasteiger partial charge in [-0.15, -0.1) is 0 Å². The maximum atomic E-state index is 4.89. The van der Waals surface area contributed by atoms with E-state index in [-0.39, 0.29) is 17.0 Å².